The summed E-state index contributed by atoms with van der Waals surface area (Å²) in [6.45, 7) is 0. The molecule has 0 aromatic heterocycles. The van der Waals surface area contributed by atoms with Gasteiger partial charge < -0.3 is 0 Å². The minimum absolute atomic E-state index is 0.525. The van der Waals surface area contributed by atoms with Crippen molar-refractivity contribution in [3.8, 4) is 0 Å². The summed E-state index contributed by atoms with van der Waals surface area (Å²) in [7, 11) is 0. The van der Waals surface area contributed by atoms with E-state index in [9.17, 15) is 4.79 Å². The second-order valence-corrected chi connectivity index (χ2v) is 8.40. The quantitative estimate of drug-likeness (QED) is 0.554. The van der Waals surface area contributed by atoms with Crippen molar-refractivity contribution in [2.24, 2.45) is 35.5 Å². The summed E-state index contributed by atoms with van der Waals surface area (Å²) in [5.74, 6) is 5.77. The van der Waals surface area contributed by atoms with Crippen LogP contribution in [0.15, 0.2) is 24.3 Å². The summed E-state index contributed by atoms with van der Waals surface area (Å²) in [4.78, 5) is 12.1. The maximum Gasteiger partial charge on any atom is 0.132 e. The number of hydrogen-bond acceptors (Lipinski definition) is 1. The molecule has 4 aliphatic carbocycles. The van der Waals surface area contributed by atoms with Crippen molar-refractivity contribution in [3.63, 3.8) is 0 Å². The molecule has 4 rings (SSSR count). The van der Waals surface area contributed by atoms with Crippen LogP contribution in [0.1, 0.15) is 64.2 Å². The van der Waals surface area contributed by atoms with Crippen LogP contribution in [0.3, 0.4) is 0 Å². The van der Waals surface area contributed by atoms with E-state index in [1.54, 1.807) is 0 Å². The third-order valence-electron chi connectivity index (χ3n) is 6.89. The summed E-state index contributed by atoms with van der Waals surface area (Å²) in [6.07, 6.45) is 21.8. The van der Waals surface area contributed by atoms with Gasteiger partial charge in [-0.15, -0.1) is 0 Å². The molecule has 6 unspecified atom stereocenters. The van der Waals surface area contributed by atoms with Crippen molar-refractivity contribution < 1.29 is 4.79 Å². The van der Waals surface area contributed by atoms with Crippen molar-refractivity contribution >= 4 is 5.78 Å². The Labute approximate surface area is 135 Å². The largest absolute Gasteiger partial charge is 0.300 e. The standard InChI is InChI=1S/C21H30O/c22-21(5-1-3-17-11-15-7-9-19(17)13-15)6-2-4-18-12-16-8-10-20(18)14-16/h7-10,15-20H,1-6,11-14H2. The monoisotopic (exact) mass is 298 g/mol. The van der Waals surface area contributed by atoms with Crippen LogP contribution in [0.4, 0.5) is 0 Å². The second kappa shape index (κ2) is 6.34. The van der Waals surface area contributed by atoms with Crippen molar-refractivity contribution in [3.05, 3.63) is 24.3 Å². The fourth-order valence-electron chi connectivity index (χ4n) is 5.70. The summed E-state index contributed by atoms with van der Waals surface area (Å²) >= 11 is 0. The fraction of sp³-hybridized carbons (Fsp3) is 0.762. The normalized spacial score (nSPS) is 40.9. The van der Waals surface area contributed by atoms with Crippen LogP contribution in [0.2, 0.25) is 0 Å². The molecule has 0 aromatic rings. The predicted octanol–water partition coefficient (Wildman–Crippen LogP) is 5.32. The molecule has 4 bridgehead atoms. The van der Waals surface area contributed by atoms with E-state index >= 15 is 0 Å². The highest BCUT2D eigenvalue weighted by molar-refractivity contribution is 5.78. The van der Waals surface area contributed by atoms with E-state index in [0.29, 0.717) is 5.78 Å². The molecular weight excluding hydrogens is 268 g/mol. The minimum atomic E-state index is 0.525. The molecule has 0 amide bonds. The lowest BCUT2D eigenvalue weighted by Gasteiger charge is -2.18. The minimum Gasteiger partial charge on any atom is -0.300 e. The topological polar surface area (TPSA) is 17.1 Å². The van der Waals surface area contributed by atoms with Gasteiger partial charge in [0, 0.05) is 12.8 Å². The molecule has 0 aromatic carbocycles. The molecule has 1 nitrogen and oxygen atoms in total. The van der Waals surface area contributed by atoms with Crippen molar-refractivity contribution in [1.82, 2.24) is 0 Å². The van der Waals surface area contributed by atoms with Gasteiger partial charge in [0.25, 0.3) is 0 Å². The van der Waals surface area contributed by atoms with E-state index in [-0.39, 0.29) is 0 Å². The first-order valence-electron chi connectivity index (χ1n) is 9.66. The van der Waals surface area contributed by atoms with Gasteiger partial charge in [0.05, 0.1) is 0 Å². The Balaban J connectivity index is 1.08. The van der Waals surface area contributed by atoms with E-state index in [1.807, 2.05) is 0 Å². The maximum atomic E-state index is 12.1. The molecule has 4 aliphatic rings. The van der Waals surface area contributed by atoms with Crippen LogP contribution >= 0.6 is 0 Å². The second-order valence-electron chi connectivity index (χ2n) is 8.40. The average Bonchev–Trinajstić information content (AvgIpc) is 3.28. The summed E-state index contributed by atoms with van der Waals surface area (Å²) in [5.41, 5.74) is 0. The highest BCUT2D eigenvalue weighted by Gasteiger charge is 2.35. The molecule has 0 aliphatic heterocycles. The molecule has 2 saturated carbocycles. The zero-order valence-corrected chi connectivity index (χ0v) is 13.8. The molecular formula is C21H30O. The molecule has 0 saturated heterocycles. The Morgan fingerprint density at radius 1 is 0.727 bits per heavy atom. The maximum absolute atomic E-state index is 12.1. The van der Waals surface area contributed by atoms with Gasteiger partial charge in [0.1, 0.15) is 5.78 Å². The number of fused-ring (bicyclic) bond motifs is 4. The lowest BCUT2D eigenvalue weighted by molar-refractivity contribution is -0.119. The molecule has 1 heteroatoms. The van der Waals surface area contributed by atoms with E-state index in [0.717, 1.165) is 61.2 Å². The van der Waals surface area contributed by atoms with Gasteiger partial charge in [0.15, 0.2) is 0 Å². The molecule has 6 atom stereocenters. The van der Waals surface area contributed by atoms with E-state index in [1.165, 1.54) is 38.5 Å². The summed E-state index contributed by atoms with van der Waals surface area (Å²) in [5, 5.41) is 0. The third kappa shape index (κ3) is 3.09. The molecule has 0 radical (unpaired) electrons. The van der Waals surface area contributed by atoms with Gasteiger partial charge in [-0.05, 0) is 86.9 Å². The Bertz CT molecular complexity index is 432. The molecule has 120 valence electrons. The Hall–Kier alpha value is -0.850. The van der Waals surface area contributed by atoms with E-state index in [4.69, 9.17) is 0 Å². The van der Waals surface area contributed by atoms with E-state index < -0.39 is 0 Å². The van der Waals surface area contributed by atoms with Gasteiger partial charge in [-0.1, -0.05) is 24.3 Å². The predicted molar refractivity (Wildman–Crippen MR) is 90.4 cm³/mol. The fourth-order valence-corrected chi connectivity index (χ4v) is 5.70. The average molecular weight is 298 g/mol. The highest BCUT2D eigenvalue weighted by Crippen LogP contribution is 2.46. The third-order valence-corrected chi connectivity index (χ3v) is 6.89. The van der Waals surface area contributed by atoms with Crippen LogP contribution in [0, 0.1) is 35.5 Å². The number of carbonyl (C=O) groups excluding carboxylic acids is 1. The molecule has 0 N–H and O–H groups in total. The number of hydrogen-bond donors (Lipinski definition) is 0. The number of Topliss-reactive ketones (excluding diaryl/α,β-unsaturated/α-hetero) is 1. The van der Waals surface area contributed by atoms with Gasteiger partial charge in [-0.25, -0.2) is 0 Å². The van der Waals surface area contributed by atoms with Crippen LogP contribution in [0.25, 0.3) is 0 Å². The van der Waals surface area contributed by atoms with Crippen molar-refractivity contribution in [2.75, 3.05) is 0 Å². The summed E-state index contributed by atoms with van der Waals surface area (Å²) < 4.78 is 0. The first-order valence-corrected chi connectivity index (χ1v) is 9.66. The lowest BCUT2D eigenvalue weighted by Crippen LogP contribution is -2.09. The van der Waals surface area contributed by atoms with Gasteiger partial charge in [0.2, 0.25) is 0 Å². The van der Waals surface area contributed by atoms with E-state index in [2.05, 4.69) is 24.3 Å². The number of carbonyl (C=O) groups is 1. The Kier molecular flexibility index (Phi) is 4.24. The number of allylic oxidation sites excluding steroid dienone is 4. The molecule has 0 heterocycles. The van der Waals surface area contributed by atoms with Gasteiger partial charge in [-0.2, -0.15) is 0 Å². The van der Waals surface area contributed by atoms with Crippen LogP contribution < -0.4 is 0 Å². The Morgan fingerprint density at radius 2 is 1.23 bits per heavy atom. The number of ketones is 1. The molecule has 2 fully saturated rings. The van der Waals surface area contributed by atoms with Crippen molar-refractivity contribution in [2.45, 2.75) is 64.2 Å². The van der Waals surface area contributed by atoms with Gasteiger partial charge >= 0.3 is 0 Å². The molecule has 22 heavy (non-hydrogen) atoms. The highest BCUT2D eigenvalue weighted by atomic mass is 16.1. The smallest absolute Gasteiger partial charge is 0.132 e. The van der Waals surface area contributed by atoms with Crippen LogP contribution in [-0.2, 0) is 4.79 Å². The first kappa shape index (κ1) is 14.7. The van der Waals surface area contributed by atoms with Gasteiger partial charge in [-0.3, -0.25) is 4.79 Å². The summed E-state index contributed by atoms with van der Waals surface area (Å²) in [6, 6.07) is 0. The zero-order chi connectivity index (χ0) is 14.9. The molecule has 0 spiro atoms. The number of rotatable bonds is 8. The first-order chi connectivity index (χ1) is 10.8. The lowest BCUT2D eigenvalue weighted by atomic mass is 9.87. The van der Waals surface area contributed by atoms with Crippen molar-refractivity contribution in [1.29, 1.82) is 0 Å². The Morgan fingerprint density at radius 3 is 1.59 bits per heavy atom. The van der Waals surface area contributed by atoms with Crippen LogP contribution in [0.5, 0.6) is 0 Å². The van der Waals surface area contributed by atoms with Crippen LogP contribution in [-0.4, -0.2) is 5.78 Å². The SMILES string of the molecule is O=C(CCCC1CC2C=CC1C2)CCCC1CC2C=CC1C2. The zero-order valence-electron chi connectivity index (χ0n) is 13.8.